The number of likely N-dealkylation sites (tertiary alicyclic amines) is 1. The first kappa shape index (κ1) is 30.1. The number of ether oxygens (including phenoxy) is 2. The average molecular weight is 563 g/mol. The second-order valence-electron chi connectivity index (χ2n) is 10.8. The van der Waals surface area contributed by atoms with E-state index < -0.39 is 17.7 Å². The van der Waals surface area contributed by atoms with Gasteiger partial charge in [0.2, 0.25) is 0 Å². The number of aromatic nitrogens is 2. The molecule has 220 valence electrons. The number of nitrogens with zero attached hydrogens (tertiary/aromatic N) is 4. The first-order valence-corrected chi connectivity index (χ1v) is 14.5. The molecule has 0 aliphatic carbocycles. The number of aryl methyl sites for hydroxylation is 2. The third-order valence-corrected chi connectivity index (χ3v) is 7.44. The summed E-state index contributed by atoms with van der Waals surface area (Å²) in [4.78, 5) is 35.3. The van der Waals surface area contributed by atoms with Crippen LogP contribution in [0.2, 0.25) is 0 Å². The van der Waals surface area contributed by atoms with E-state index >= 15 is 0 Å². The van der Waals surface area contributed by atoms with Crippen LogP contribution >= 0.6 is 0 Å². The molecule has 9 nitrogen and oxygen atoms in total. The molecule has 0 bridgehead atoms. The number of aliphatic hydroxyl groups excluding tert-OH is 1. The molecule has 1 saturated heterocycles. The summed E-state index contributed by atoms with van der Waals surface area (Å²) >= 11 is 0. The quantitative estimate of drug-likeness (QED) is 0.131. The Kier molecular flexibility index (Phi) is 9.70. The number of hydrogen-bond acceptors (Lipinski definition) is 7. The Morgan fingerprint density at radius 3 is 2.51 bits per heavy atom. The van der Waals surface area contributed by atoms with Gasteiger partial charge in [-0.2, -0.15) is 0 Å². The number of ketones is 1. The van der Waals surface area contributed by atoms with E-state index in [1.54, 1.807) is 4.90 Å². The molecule has 4 rings (SSSR count). The van der Waals surface area contributed by atoms with Crippen LogP contribution in [0.1, 0.15) is 68.1 Å². The monoisotopic (exact) mass is 562 g/mol. The molecule has 0 spiro atoms. The van der Waals surface area contributed by atoms with Crippen molar-refractivity contribution in [2.75, 3.05) is 40.4 Å². The zero-order valence-electron chi connectivity index (χ0n) is 25.1. The lowest BCUT2D eigenvalue weighted by Gasteiger charge is -2.26. The molecular formula is C32H42N4O5. The summed E-state index contributed by atoms with van der Waals surface area (Å²) in [6.07, 6.45) is 5.64. The Hall–Kier alpha value is -3.85. The minimum absolute atomic E-state index is 0.0306. The van der Waals surface area contributed by atoms with Crippen molar-refractivity contribution in [3.05, 3.63) is 64.6 Å². The van der Waals surface area contributed by atoms with Crippen LogP contribution in [0.4, 0.5) is 0 Å². The van der Waals surface area contributed by atoms with Gasteiger partial charge in [-0.15, -0.1) is 0 Å². The molecule has 1 N–H and O–H groups in total. The molecule has 2 aromatic heterocycles. The fourth-order valence-corrected chi connectivity index (χ4v) is 5.30. The van der Waals surface area contributed by atoms with Gasteiger partial charge in [0.1, 0.15) is 11.3 Å². The fraction of sp³-hybridized carbons (Fsp3) is 0.469. The largest absolute Gasteiger partial charge is 0.505 e. The Morgan fingerprint density at radius 2 is 1.83 bits per heavy atom. The van der Waals surface area contributed by atoms with Crippen molar-refractivity contribution in [1.82, 2.24) is 19.2 Å². The van der Waals surface area contributed by atoms with Gasteiger partial charge >= 0.3 is 0 Å². The van der Waals surface area contributed by atoms with Gasteiger partial charge in [0, 0.05) is 12.7 Å². The number of hydrogen-bond donors (Lipinski definition) is 1. The number of Topliss-reactive ketones (excluding diaryl/α,β-unsaturated/α-hetero) is 1. The predicted octanol–water partition coefficient (Wildman–Crippen LogP) is 5.29. The van der Waals surface area contributed by atoms with Gasteiger partial charge in [-0.3, -0.25) is 9.59 Å². The molecule has 1 aromatic carbocycles. The summed E-state index contributed by atoms with van der Waals surface area (Å²) in [5.41, 5.74) is 3.29. The van der Waals surface area contributed by atoms with Crippen molar-refractivity contribution >= 4 is 23.1 Å². The molecule has 1 aliphatic rings. The van der Waals surface area contributed by atoms with Gasteiger partial charge in [0.25, 0.3) is 11.7 Å². The number of fused-ring (bicyclic) bond motifs is 1. The maximum atomic E-state index is 13.6. The Labute approximate surface area is 242 Å². The molecule has 1 aliphatic heterocycles. The van der Waals surface area contributed by atoms with E-state index in [2.05, 4.69) is 11.9 Å². The van der Waals surface area contributed by atoms with E-state index in [0.29, 0.717) is 54.6 Å². The number of pyridine rings is 1. The predicted molar refractivity (Wildman–Crippen MR) is 159 cm³/mol. The van der Waals surface area contributed by atoms with Crippen LogP contribution < -0.4 is 9.47 Å². The number of aliphatic hydroxyl groups is 1. The van der Waals surface area contributed by atoms with E-state index in [9.17, 15) is 14.7 Å². The number of unbranched alkanes of at least 4 members (excludes halogenated alkanes) is 2. The summed E-state index contributed by atoms with van der Waals surface area (Å²) in [5.74, 6) is -0.473. The highest BCUT2D eigenvalue weighted by Crippen LogP contribution is 2.42. The van der Waals surface area contributed by atoms with Crippen LogP contribution in [-0.2, 0) is 9.59 Å². The van der Waals surface area contributed by atoms with Crippen LogP contribution in [0.15, 0.2) is 42.1 Å². The zero-order chi connectivity index (χ0) is 29.7. The minimum Gasteiger partial charge on any atom is -0.505 e. The van der Waals surface area contributed by atoms with Crippen molar-refractivity contribution in [3.63, 3.8) is 0 Å². The molecule has 1 unspecified atom stereocenters. The van der Waals surface area contributed by atoms with Crippen LogP contribution in [0.5, 0.6) is 11.5 Å². The number of rotatable bonds is 13. The molecule has 3 aromatic rings. The van der Waals surface area contributed by atoms with Gasteiger partial charge in [-0.25, -0.2) is 4.98 Å². The highest BCUT2D eigenvalue weighted by atomic mass is 16.5. The average Bonchev–Trinajstić information content (AvgIpc) is 3.41. The third-order valence-electron chi connectivity index (χ3n) is 7.44. The Balaban J connectivity index is 1.83. The van der Waals surface area contributed by atoms with E-state index in [1.807, 2.05) is 80.7 Å². The second-order valence-corrected chi connectivity index (χ2v) is 10.8. The third kappa shape index (κ3) is 6.25. The maximum absolute atomic E-state index is 13.6. The molecule has 9 heteroatoms. The molecule has 41 heavy (non-hydrogen) atoms. The highest BCUT2D eigenvalue weighted by molar-refractivity contribution is 6.46. The maximum Gasteiger partial charge on any atom is 0.295 e. The van der Waals surface area contributed by atoms with Gasteiger partial charge in [-0.1, -0.05) is 31.9 Å². The van der Waals surface area contributed by atoms with E-state index in [0.717, 1.165) is 31.4 Å². The van der Waals surface area contributed by atoms with Crippen molar-refractivity contribution in [1.29, 1.82) is 0 Å². The lowest BCUT2D eigenvalue weighted by atomic mass is 9.96. The molecular weight excluding hydrogens is 520 g/mol. The number of carbonyl (C=O) groups excluding carboxylic acids is 2. The summed E-state index contributed by atoms with van der Waals surface area (Å²) < 4.78 is 13.8. The lowest BCUT2D eigenvalue weighted by molar-refractivity contribution is -0.139. The molecule has 1 amide bonds. The molecule has 3 heterocycles. The lowest BCUT2D eigenvalue weighted by Crippen LogP contribution is -2.32. The van der Waals surface area contributed by atoms with Crippen molar-refractivity contribution < 1.29 is 24.2 Å². The number of benzene rings is 1. The normalized spacial score (nSPS) is 16.8. The van der Waals surface area contributed by atoms with E-state index in [-0.39, 0.29) is 17.0 Å². The number of imidazole rings is 1. The molecule has 1 atom stereocenters. The number of amides is 1. The topological polar surface area (TPSA) is 96.6 Å². The second kappa shape index (κ2) is 13.2. The fourth-order valence-electron chi connectivity index (χ4n) is 5.30. The van der Waals surface area contributed by atoms with Crippen molar-refractivity contribution in [2.45, 2.75) is 59.4 Å². The van der Waals surface area contributed by atoms with Crippen LogP contribution in [0, 0.1) is 13.8 Å². The van der Waals surface area contributed by atoms with Gasteiger partial charge in [-0.05, 0) is 83.6 Å². The first-order chi connectivity index (χ1) is 19.7. The van der Waals surface area contributed by atoms with Crippen molar-refractivity contribution in [2.24, 2.45) is 0 Å². The number of carbonyl (C=O) groups is 2. The van der Waals surface area contributed by atoms with E-state index in [4.69, 9.17) is 9.47 Å². The van der Waals surface area contributed by atoms with Gasteiger partial charge in [0.15, 0.2) is 17.3 Å². The zero-order valence-corrected chi connectivity index (χ0v) is 25.1. The first-order valence-electron chi connectivity index (χ1n) is 14.5. The van der Waals surface area contributed by atoms with Crippen LogP contribution in [0.25, 0.3) is 11.4 Å². The summed E-state index contributed by atoms with van der Waals surface area (Å²) in [5, 5.41) is 11.7. The molecule has 1 fully saturated rings. The standard InChI is InChI=1S/C32H42N4O5/c1-7-9-10-19-41-24-15-14-23(20-25(24)40-8-2)28-26(30(38)32(39)36(28)18-12-16-34(5)6)29(37)27-22(4)35-17-11-13-21(3)31(35)33-27/h11,13-15,17,20,28,37H,7-10,12,16,18-19H2,1-6H3/b29-26+. The smallest absolute Gasteiger partial charge is 0.295 e. The Morgan fingerprint density at radius 1 is 1.05 bits per heavy atom. The summed E-state index contributed by atoms with van der Waals surface area (Å²) in [6.45, 7) is 9.92. The summed E-state index contributed by atoms with van der Waals surface area (Å²) in [6, 6.07) is 8.55. The van der Waals surface area contributed by atoms with Gasteiger partial charge < -0.3 is 28.8 Å². The van der Waals surface area contributed by atoms with Crippen LogP contribution in [-0.4, -0.2) is 76.4 Å². The van der Waals surface area contributed by atoms with E-state index in [1.165, 1.54) is 0 Å². The summed E-state index contributed by atoms with van der Waals surface area (Å²) in [7, 11) is 3.93. The Bertz CT molecular complexity index is 1440. The van der Waals surface area contributed by atoms with Crippen molar-refractivity contribution in [3.8, 4) is 11.5 Å². The van der Waals surface area contributed by atoms with Crippen LogP contribution in [0.3, 0.4) is 0 Å². The molecule has 0 saturated carbocycles. The highest BCUT2D eigenvalue weighted by Gasteiger charge is 2.46. The van der Waals surface area contributed by atoms with Gasteiger partial charge in [0.05, 0.1) is 30.5 Å². The molecule has 0 radical (unpaired) electrons. The minimum atomic E-state index is -0.796. The SMILES string of the molecule is CCCCCOc1ccc(C2/C(=C(\O)c3nc4c(C)cccn4c3C)C(=O)C(=O)N2CCCN(C)C)cc1OCC.